The zero-order valence-electron chi connectivity index (χ0n) is 11.5. The summed E-state index contributed by atoms with van der Waals surface area (Å²) in [5, 5.41) is 0. The minimum atomic E-state index is -0.445. The smallest absolute Gasteiger partial charge is 0.251 e. The fourth-order valence-corrected chi connectivity index (χ4v) is 2.07. The molecule has 1 rings (SSSR count). The van der Waals surface area contributed by atoms with E-state index in [9.17, 15) is 9.59 Å². The Morgan fingerprint density at radius 3 is 2.61 bits per heavy atom. The third kappa shape index (κ3) is 4.29. The first-order valence-corrected chi connectivity index (χ1v) is 6.61. The molecule has 18 heavy (non-hydrogen) atoms. The van der Waals surface area contributed by atoms with E-state index >= 15 is 0 Å². The second-order valence-corrected chi connectivity index (χ2v) is 5.40. The highest BCUT2D eigenvalue weighted by molar-refractivity contribution is 5.82. The third-order valence-electron chi connectivity index (χ3n) is 3.16. The zero-order chi connectivity index (χ0) is 13.7. The number of likely N-dealkylation sites (tertiary alicyclic amines) is 1. The summed E-state index contributed by atoms with van der Waals surface area (Å²) in [7, 11) is 0. The maximum Gasteiger partial charge on any atom is 0.251 e. The minimum absolute atomic E-state index is 0.0402. The van der Waals surface area contributed by atoms with Crippen LogP contribution in [0.1, 0.15) is 33.6 Å². The van der Waals surface area contributed by atoms with Gasteiger partial charge in [0.25, 0.3) is 5.91 Å². The molecule has 0 aromatic rings. The van der Waals surface area contributed by atoms with Gasteiger partial charge in [-0.15, -0.1) is 0 Å². The number of rotatable bonds is 5. The molecule has 2 N–H and O–H groups in total. The van der Waals surface area contributed by atoms with Crippen LogP contribution in [0.3, 0.4) is 0 Å². The van der Waals surface area contributed by atoms with E-state index in [4.69, 9.17) is 10.5 Å². The molecule has 0 aliphatic carbocycles. The van der Waals surface area contributed by atoms with E-state index in [1.807, 2.05) is 13.8 Å². The molecule has 5 nitrogen and oxygen atoms in total. The number of hydrogen-bond acceptors (Lipinski definition) is 3. The Balaban J connectivity index is 2.47. The molecule has 0 bridgehead atoms. The maximum atomic E-state index is 12.1. The van der Waals surface area contributed by atoms with E-state index < -0.39 is 6.10 Å². The number of carbonyl (C=O) groups excluding carboxylic acids is 2. The van der Waals surface area contributed by atoms with Crippen molar-refractivity contribution in [1.29, 1.82) is 0 Å². The van der Waals surface area contributed by atoms with Crippen LogP contribution >= 0.6 is 0 Å². The lowest BCUT2D eigenvalue weighted by molar-refractivity contribution is -0.146. The highest BCUT2D eigenvalue weighted by Gasteiger charge is 2.29. The summed E-state index contributed by atoms with van der Waals surface area (Å²) in [4.78, 5) is 25.0. The lowest BCUT2D eigenvalue weighted by atomic mass is 9.97. The van der Waals surface area contributed by atoms with Crippen molar-refractivity contribution in [2.75, 3.05) is 19.7 Å². The molecule has 1 fully saturated rings. The number of piperidine rings is 1. The van der Waals surface area contributed by atoms with Crippen LogP contribution < -0.4 is 5.73 Å². The van der Waals surface area contributed by atoms with Crippen molar-refractivity contribution in [1.82, 2.24) is 4.90 Å². The van der Waals surface area contributed by atoms with Crippen molar-refractivity contribution in [3.8, 4) is 0 Å². The summed E-state index contributed by atoms with van der Waals surface area (Å²) in [5.74, 6) is -0.162. The minimum Gasteiger partial charge on any atom is -0.369 e. The number of ether oxygens (including phenoxy) is 1. The van der Waals surface area contributed by atoms with Gasteiger partial charge < -0.3 is 15.4 Å². The molecule has 0 radical (unpaired) electrons. The van der Waals surface area contributed by atoms with Gasteiger partial charge in [0.05, 0.1) is 5.92 Å². The topological polar surface area (TPSA) is 72.6 Å². The third-order valence-corrected chi connectivity index (χ3v) is 3.16. The van der Waals surface area contributed by atoms with Crippen molar-refractivity contribution in [3.63, 3.8) is 0 Å². The Hall–Kier alpha value is -1.10. The van der Waals surface area contributed by atoms with E-state index in [-0.39, 0.29) is 17.7 Å². The van der Waals surface area contributed by atoms with Crippen molar-refractivity contribution in [2.24, 2.45) is 17.6 Å². The Bertz CT molecular complexity index is 305. The van der Waals surface area contributed by atoms with Gasteiger partial charge in [-0.1, -0.05) is 13.8 Å². The molecular formula is C13H24N2O3. The molecule has 0 saturated carbocycles. The van der Waals surface area contributed by atoms with Crippen LogP contribution in [0.25, 0.3) is 0 Å². The van der Waals surface area contributed by atoms with Crippen LogP contribution in [0.5, 0.6) is 0 Å². The van der Waals surface area contributed by atoms with Crippen LogP contribution in [0.15, 0.2) is 0 Å². The Kier molecular flexibility index (Phi) is 5.59. The van der Waals surface area contributed by atoms with Crippen LogP contribution in [-0.4, -0.2) is 42.5 Å². The van der Waals surface area contributed by atoms with E-state index in [0.717, 1.165) is 12.8 Å². The number of primary amides is 1. The predicted molar refractivity (Wildman–Crippen MR) is 68.8 cm³/mol. The van der Waals surface area contributed by atoms with Crippen LogP contribution in [-0.2, 0) is 14.3 Å². The molecule has 0 spiro atoms. The normalized spacial score (nSPS) is 22.0. The fraction of sp³-hybridized carbons (Fsp3) is 0.846. The maximum absolute atomic E-state index is 12.1. The first-order chi connectivity index (χ1) is 8.41. The van der Waals surface area contributed by atoms with Gasteiger partial charge in [-0.25, -0.2) is 0 Å². The number of nitrogens with two attached hydrogens (primary N) is 1. The molecule has 5 heteroatoms. The van der Waals surface area contributed by atoms with E-state index in [2.05, 4.69) is 0 Å². The summed E-state index contributed by atoms with van der Waals surface area (Å²) in [6.45, 7) is 7.54. The van der Waals surface area contributed by atoms with Crippen molar-refractivity contribution in [3.05, 3.63) is 0 Å². The Labute approximate surface area is 109 Å². The van der Waals surface area contributed by atoms with Crippen molar-refractivity contribution >= 4 is 11.8 Å². The van der Waals surface area contributed by atoms with Gasteiger partial charge in [-0.2, -0.15) is 0 Å². The van der Waals surface area contributed by atoms with Gasteiger partial charge in [0.1, 0.15) is 6.10 Å². The van der Waals surface area contributed by atoms with Crippen LogP contribution in [0, 0.1) is 11.8 Å². The molecular weight excluding hydrogens is 232 g/mol. The molecule has 1 aliphatic heterocycles. The number of carbonyl (C=O) groups is 2. The standard InChI is InChI=1S/C13H24N2O3/c1-9(2)8-18-10(3)13(17)15-6-4-5-11(7-15)12(14)16/h9-11H,4-8H2,1-3H3,(H2,14,16)/t10-,11+/m0/s1. The summed E-state index contributed by atoms with van der Waals surface area (Å²) >= 11 is 0. The number of nitrogens with zero attached hydrogens (tertiary/aromatic N) is 1. The highest BCUT2D eigenvalue weighted by atomic mass is 16.5. The average Bonchev–Trinajstić information content (AvgIpc) is 2.35. The average molecular weight is 256 g/mol. The van der Waals surface area contributed by atoms with Crippen molar-refractivity contribution < 1.29 is 14.3 Å². The SMILES string of the molecule is CC(C)CO[C@@H](C)C(=O)N1CCC[C@@H](C(N)=O)C1. The lowest BCUT2D eigenvalue weighted by Gasteiger charge is -2.33. The summed E-state index contributed by atoms with van der Waals surface area (Å²) in [5.41, 5.74) is 5.30. The predicted octanol–water partition coefficient (Wildman–Crippen LogP) is 0.771. The van der Waals surface area contributed by atoms with Gasteiger partial charge in [-0.3, -0.25) is 9.59 Å². The Morgan fingerprint density at radius 1 is 1.39 bits per heavy atom. The van der Waals surface area contributed by atoms with E-state index in [1.54, 1.807) is 11.8 Å². The molecule has 2 atom stereocenters. The highest BCUT2D eigenvalue weighted by Crippen LogP contribution is 2.17. The van der Waals surface area contributed by atoms with E-state index in [0.29, 0.717) is 25.6 Å². The summed E-state index contributed by atoms with van der Waals surface area (Å²) < 4.78 is 5.51. The molecule has 1 saturated heterocycles. The first kappa shape index (κ1) is 15.0. The van der Waals surface area contributed by atoms with Crippen LogP contribution in [0.4, 0.5) is 0 Å². The fourth-order valence-electron chi connectivity index (χ4n) is 2.07. The first-order valence-electron chi connectivity index (χ1n) is 6.61. The molecule has 2 amide bonds. The lowest BCUT2D eigenvalue weighted by Crippen LogP contribution is -2.47. The molecule has 104 valence electrons. The molecule has 0 unspecified atom stereocenters. The second-order valence-electron chi connectivity index (χ2n) is 5.40. The monoisotopic (exact) mass is 256 g/mol. The van der Waals surface area contributed by atoms with Crippen LogP contribution in [0.2, 0.25) is 0 Å². The zero-order valence-corrected chi connectivity index (χ0v) is 11.5. The molecule has 1 aliphatic rings. The van der Waals surface area contributed by atoms with Gasteiger partial charge in [0, 0.05) is 19.7 Å². The van der Waals surface area contributed by atoms with Gasteiger partial charge >= 0.3 is 0 Å². The van der Waals surface area contributed by atoms with Crippen molar-refractivity contribution in [2.45, 2.75) is 39.7 Å². The summed E-state index contributed by atoms with van der Waals surface area (Å²) in [6.07, 6.45) is 1.16. The van der Waals surface area contributed by atoms with Gasteiger partial charge in [0.2, 0.25) is 5.91 Å². The largest absolute Gasteiger partial charge is 0.369 e. The Morgan fingerprint density at radius 2 is 2.06 bits per heavy atom. The molecule has 0 aromatic heterocycles. The molecule has 1 heterocycles. The second kappa shape index (κ2) is 6.73. The quantitative estimate of drug-likeness (QED) is 0.789. The molecule has 0 aromatic carbocycles. The van der Waals surface area contributed by atoms with Gasteiger partial charge in [0.15, 0.2) is 0 Å². The number of hydrogen-bond donors (Lipinski definition) is 1. The summed E-state index contributed by atoms with van der Waals surface area (Å²) in [6, 6.07) is 0. The van der Waals surface area contributed by atoms with E-state index in [1.165, 1.54) is 0 Å². The number of amides is 2. The van der Waals surface area contributed by atoms with Gasteiger partial charge in [-0.05, 0) is 25.7 Å².